The molecule has 0 unspecified atom stereocenters. The van der Waals surface area contributed by atoms with E-state index >= 15 is 0 Å². The number of halogens is 1. The van der Waals surface area contributed by atoms with E-state index in [1.54, 1.807) is 12.1 Å². The number of nitrogen functional groups attached to an aromatic ring is 1. The van der Waals surface area contributed by atoms with E-state index in [1.807, 2.05) is 6.07 Å². The summed E-state index contributed by atoms with van der Waals surface area (Å²) in [6, 6.07) is 6.78. The van der Waals surface area contributed by atoms with Crippen molar-refractivity contribution in [3.05, 3.63) is 41.5 Å². The smallest absolute Gasteiger partial charge is 0.239 e. The molecule has 0 amide bonds. The van der Waals surface area contributed by atoms with Crippen molar-refractivity contribution in [2.75, 3.05) is 5.73 Å². The van der Waals surface area contributed by atoms with Crippen molar-refractivity contribution in [1.82, 2.24) is 15.2 Å². The molecule has 0 bridgehead atoms. The molecule has 3 rings (SSSR count). The maximum atomic E-state index is 13.7. The summed E-state index contributed by atoms with van der Waals surface area (Å²) in [7, 11) is 0. The van der Waals surface area contributed by atoms with Gasteiger partial charge >= 0.3 is 0 Å². The van der Waals surface area contributed by atoms with E-state index in [-0.39, 0.29) is 17.2 Å². The molecule has 0 spiro atoms. The van der Waals surface area contributed by atoms with Crippen molar-refractivity contribution in [3.8, 4) is 0 Å². The van der Waals surface area contributed by atoms with Gasteiger partial charge in [0.05, 0.1) is 5.41 Å². The second kappa shape index (κ2) is 3.04. The van der Waals surface area contributed by atoms with Gasteiger partial charge in [-0.2, -0.15) is 4.98 Å². The van der Waals surface area contributed by atoms with Gasteiger partial charge in [0.1, 0.15) is 11.6 Å². The molecule has 1 fully saturated rings. The van der Waals surface area contributed by atoms with E-state index in [0.29, 0.717) is 11.4 Å². The Bertz CT molecular complexity index is 530. The monoisotopic (exact) mass is 218 g/mol. The highest BCUT2D eigenvalue weighted by atomic mass is 19.1. The number of anilines is 1. The second-order valence-electron chi connectivity index (χ2n) is 4.10. The van der Waals surface area contributed by atoms with Crippen LogP contribution in [0.4, 0.5) is 10.3 Å². The van der Waals surface area contributed by atoms with Gasteiger partial charge in [0, 0.05) is 5.56 Å². The number of aromatic amines is 1. The molecule has 1 heterocycles. The molecular weight excluding hydrogens is 207 g/mol. The Morgan fingerprint density at radius 3 is 2.62 bits per heavy atom. The second-order valence-corrected chi connectivity index (χ2v) is 4.10. The van der Waals surface area contributed by atoms with Crippen molar-refractivity contribution in [2.45, 2.75) is 18.3 Å². The summed E-state index contributed by atoms with van der Waals surface area (Å²) >= 11 is 0. The Hall–Kier alpha value is -1.91. The maximum Gasteiger partial charge on any atom is 0.239 e. The molecular formula is C11H11FN4. The minimum Gasteiger partial charge on any atom is -0.367 e. The molecule has 5 heteroatoms. The molecule has 1 saturated carbocycles. The van der Waals surface area contributed by atoms with Crippen LogP contribution in [0.25, 0.3) is 0 Å². The van der Waals surface area contributed by atoms with Crippen molar-refractivity contribution in [1.29, 1.82) is 0 Å². The fourth-order valence-corrected chi connectivity index (χ4v) is 2.10. The van der Waals surface area contributed by atoms with Crippen LogP contribution in [0.1, 0.15) is 24.2 Å². The minimum atomic E-state index is -0.337. The molecule has 1 aromatic carbocycles. The standard InChI is InChI=1S/C11H11FN4/c12-8-4-2-1-3-7(8)11(5-6-11)9-14-10(13)16-15-9/h1-4H,5-6H2,(H3,13,14,15,16). The van der Waals surface area contributed by atoms with Gasteiger partial charge in [0.15, 0.2) is 0 Å². The van der Waals surface area contributed by atoms with Crippen LogP contribution in [-0.4, -0.2) is 15.2 Å². The van der Waals surface area contributed by atoms with Crippen molar-refractivity contribution >= 4 is 5.95 Å². The summed E-state index contributed by atoms with van der Waals surface area (Å²) in [5.74, 6) is 0.669. The lowest BCUT2D eigenvalue weighted by molar-refractivity contribution is 0.587. The van der Waals surface area contributed by atoms with Crippen LogP contribution in [0, 0.1) is 5.82 Å². The number of nitrogens with zero attached hydrogens (tertiary/aromatic N) is 2. The molecule has 0 aliphatic heterocycles. The summed E-state index contributed by atoms with van der Waals surface area (Å²) in [5, 5.41) is 6.58. The van der Waals surface area contributed by atoms with E-state index in [4.69, 9.17) is 5.73 Å². The Labute approximate surface area is 91.7 Å². The summed E-state index contributed by atoms with van der Waals surface area (Å²) in [5.41, 5.74) is 5.81. The molecule has 0 saturated heterocycles. The Morgan fingerprint density at radius 1 is 1.31 bits per heavy atom. The zero-order chi connectivity index (χ0) is 11.2. The fraction of sp³-hybridized carbons (Fsp3) is 0.273. The van der Waals surface area contributed by atoms with Gasteiger partial charge < -0.3 is 5.73 Å². The normalized spacial score (nSPS) is 17.3. The summed E-state index contributed by atoms with van der Waals surface area (Å²) in [4.78, 5) is 4.11. The van der Waals surface area contributed by atoms with Gasteiger partial charge in [-0.25, -0.2) is 4.39 Å². The van der Waals surface area contributed by atoms with E-state index in [2.05, 4.69) is 15.2 Å². The van der Waals surface area contributed by atoms with Crippen molar-refractivity contribution in [3.63, 3.8) is 0 Å². The molecule has 1 aromatic heterocycles. The van der Waals surface area contributed by atoms with Crippen LogP contribution in [0.15, 0.2) is 24.3 Å². The predicted octanol–water partition coefficient (Wildman–Crippen LogP) is 1.61. The number of aromatic nitrogens is 3. The largest absolute Gasteiger partial charge is 0.367 e. The lowest BCUT2D eigenvalue weighted by Crippen LogP contribution is -2.13. The van der Waals surface area contributed by atoms with Crippen molar-refractivity contribution < 1.29 is 4.39 Å². The van der Waals surface area contributed by atoms with Gasteiger partial charge in [-0.05, 0) is 18.9 Å². The number of H-pyrrole nitrogens is 1. The molecule has 16 heavy (non-hydrogen) atoms. The van der Waals surface area contributed by atoms with Gasteiger partial charge in [0.25, 0.3) is 0 Å². The molecule has 1 aliphatic carbocycles. The Balaban J connectivity index is 2.10. The van der Waals surface area contributed by atoms with Crippen LogP contribution >= 0.6 is 0 Å². The molecule has 1 aliphatic rings. The highest BCUT2D eigenvalue weighted by Crippen LogP contribution is 2.52. The molecule has 4 nitrogen and oxygen atoms in total. The first-order valence-electron chi connectivity index (χ1n) is 5.16. The van der Waals surface area contributed by atoms with E-state index in [9.17, 15) is 4.39 Å². The van der Waals surface area contributed by atoms with Gasteiger partial charge in [-0.15, -0.1) is 5.10 Å². The van der Waals surface area contributed by atoms with Gasteiger partial charge in [-0.3, -0.25) is 5.10 Å². The van der Waals surface area contributed by atoms with Gasteiger partial charge in [-0.1, -0.05) is 18.2 Å². The average molecular weight is 218 g/mol. The molecule has 0 atom stereocenters. The highest BCUT2D eigenvalue weighted by molar-refractivity contribution is 5.40. The number of nitrogens with two attached hydrogens (primary N) is 1. The maximum absolute atomic E-state index is 13.7. The van der Waals surface area contributed by atoms with Crippen molar-refractivity contribution in [2.24, 2.45) is 0 Å². The first kappa shape index (κ1) is 9.33. The number of hydrogen-bond donors (Lipinski definition) is 2. The quantitative estimate of drug-likeness (QED) is 0.804. The third-order valence-corrected chi connectivity index (χ3v) is 3.10. The summed E-state index contributed by atoms with van der Waals surface area (Å²) < 4.78 is 13.7. The van der Waals surface area contributed by atoms with Crippen LogP contribution in [-0.2, 0) is 5.41 Å². The summed E-state index contributed by atoms with van der Waals surface area (Å²) in [6.45, 7) is 0. The highest BCUT2D eigenvalue weighted by Gasteiger charge is 2.50. The molecule has 82 valence electrons. The summed E-state index contributed by atoms with van der Waals surface area (Å²) in [6.07, 6.45) is 1.76. The fourth-order valence-electron chi connectivity index (χ4n) is 2.10. The SMILES string of the molecule is Nc1n[nH]c(C2(c3ccccc3F)CC2)n1. The first-order chi connectivity index (χ1) is 7.72. The number of nitrogens with one attached hydrogen (secondary N) is 1. The van der Waals surface area contributed by atoms with Crippen LogP contribution < -0.4 is 5.73 Å². The molecule has 3 N–H and O–H groups in total. The zero-order valence-electron chi connectivity index (χ0n) is 8.57. The van der Waals surface area contributed by atoms with Crippen LogP contribution in [0.2, 0.25) is 0 Å². The number of hydrogen-bond acceptors (Lipinski definition) is 3. The topological polar surface area (TPSA) is 67.6 Å². The lowest BCUT2D eigenvalue weighted by Gasteiger charge is -2.12. The minimum absolute atomic E-state index is 0.199. The zero-order valence-corrected chi connectivity index (χ0v) is 8.57. The lowest BCUT2D eigenvalue weighted by atomic mass is 9.95. The van der Waals surface area contributed by atoms with E-state index in [0.717, 1.165) is 12.8 Å². The molecule has 0 radical (unpaired) electrons. The number of rotatable bonds is 2. The van der Waals surface area contributed by atoms with E-state index in [1.165, 1.54) is 6.07 Å². The molecule has 2 aromatic rings. The average Bonchev–Trinajstić information content (AvgIpc) is 2.96. The van der Waals surface area contributed by atoms with Crippen LogP contribution in [0.5, 0.6) is 0 Å². The third-order valence-electron chi connectivity index (χ3n) is 3.10. The first-order valence-corrected chi connectivity index (χ1v) is 5.16. The predicted molar refractivity (Wildman–Crippen MR) is 57.2 cm³/mol. The van der Waals surface area contributed by atoms with Gasteiger partial charge in [0.2, 0.25) is 5.95 Å². The Kier molecular flexibility index (Phi) is 1.77. The third kappa shape index (κ3) is 1.21. The Morgan fingerprint density at radius 2 is 2.06 bits per heavy atom. The number of benzene rings is 1. The van der Waals surface area contributed by atoms with Crippen LogP contribution in [0.3, 0.4) is 0 Å². The van der Waals surface area contributed by atoms with E-state index < -0.39 is 0 Å².